The summed E-state index contributed by atoms with van der Waals surface area (Å²) in [6.07, 6.45) is 3.23. The van der Waals surface area contributed by atoms with E-state index in [2.05, 4.69) is 4.72 Å². The van der Waals surface area contributed by atoms with Crippen LogP contribution in [0.15, 0.2) is 23.1 Å². The molecule has 0 heterocycles. The summed E-state index contributed by atoms with van der Waals surface area (Å²) in [6, 6.07) is 3.34. The molecule has 0 aromatic heterocycles. The first-order valence-electron chi connectivity index (χ1n) is 5.54. The Kier molecular flexibility index (Phi) is 3.35. The van der Waals surface area contributed by atoms with Crippen LogP contribution < -0.4 is 10.5 Å². The average molecular weight is 258 g/mol. The third kappa shape index (κ3) is 2.76. The molecule has 0 amide bonds. The van der Waals surface area contributed by atoms with Crippen molar-refractivity contribution in [1.82, 2.24) is 4.72 Å². The van der Waals surface area contributed by atoms with Gasteiger partial charge in [-0.25, -0.2) is 17.5 Å². The van der Waals surface area contributed by atoms with Gasteiger partial charge in [-0.1, -0.05) is 6.42 Å². The Morgan fingerprint density at radius 1 is 1.41 bits per heavy atom. The summed E-state index contributed by atoms with van der Waals surface area (Å²) in [7, 11) is -3.70. The van der Waals surface area contributed by atoms with Crippen molar-refractivity contribution in [2.24, 2.45) is 5.92 Å². The lowest BCUT2D eigenvalue weighted by Gasteiger charge is -2.25. The van der Waals surface area contributed by atoms with E-state index in [-0.39, 0.29) is 10.6 Å². The molecule has 6 heteroatoms. The topological polar surface area (TPSA) is 72.2 Å². The second-order valence-electron chi connectivity index (χ2n) is 4.33. The van der Waals surface area contributed by atoms with Crippen molar-refractivity contribution in [2.45, 2.75) is 24.2 Å². The highest BCUT2D eigenvalue weighted by Gasteiger charge is 2.22. The van der Waals surface area contributed by atoms with Gasteiger partial charge in [-0.15, -0.1) is 0 Å². The Balaban J connectivity index is 2.15. The molecule has 0 radical (unpaired) electrons. The highest BCUT2D eigenvalue weighted by atomic mass is 32.2. The molecule has 94 valence electrons. The van der Waals surface area contributed by atoms with E-state index in [9.17, 15) is 12.8 Å². The zero-order valence-electron chi connectivity index (χ0n) is 9.32. The Labute approximate surface area is 100 Å². The molecule has 0 bridgehead atoms. The first-order chi connectivity index (χ1) is 7.99. The Hall–Kier alpha value is -1.14. The minimum atomic E-state index is -3.70. The minimum absolute atomic E-state index is 0.0625. The molecular formula is C11H15FN2O2S. The van der Waals surface area contributed by atoms with Crippen molar-refractivity contribution in [3.63, 3.8) is 0 Å². The molecule has 1 aromatic carbocycles. The van der Waals surface area contributed by atoms with Crippen LogP contribution in [-0.2, 0) is 10.0 Å². The van der Waals surface area contributed by atoms with Crippen LogP contribution in [0.4, 0.5) is 10.1 Å². The van der Waals surface area contributed by atoms with Crippen LogP contribution in [0.25, 0.3) is 0 Å². The minimum Gasteiger partial charge on any atom is -0.398 e. The summed E-state index contributed by atoms with van der Waals surface area (Å²) in [5.41, 5.74) is 5.61. The molecule has 0 spiro atoms. The van der Waals surface area contributed by atoms with Gasteiger partial charge in [-0.2, -0.15) is 0 Å². The number of sulfonamides is 1. The van der Waals surface area contributed by atoms with Gasteiger partial charge in [0.1, 0.15) is 10.7 Å². The SMILES string of the molecule is Nc1ccc(F)cc1S(=O)(=O)NCC1CCC1. The van der Waals surface area contributed by atoms with Crippen LogP contribution in [0.3, 0.4) is 0 Å². The number of hydrogen-bond acceptors (Lipinski definition) is 3. The van der Waals surface area contributed by atoms with Gasteiger partial charge in [0, 0.05) is 6.54 Å². The monoisotopic (exact) mass is 258 g/mol. The lowest BCUT2D eigenvalue weighted by molar-refractivity contribution is 0.316. The Morgan fingerprint density at radius 3 is 2.71 bits per heavy atom. The van der Waals surface area contributed by atoms with Crippen LogP contribution in [-0.4, -0.2) is 15.0 Å². The number of nitrogen functional groups attached to an aromatic ring is 1. The molecule has 2 rings (SSSR count). The number of hydrogen-bond donors (Lipinski definition) is 2. The average Bonchev–Trinajstić information content (AvgIpc) is 2.19. The first-order valence-corrected chi connectivity index (χ1v) is 7.02. The number of benzene rings is 1. The van der Waals surface area contributed by atoms with Crippen LogP contribution in [0, 0.1) is 11.7 Å². The van der Waals surface area contributed by atoms with E-state index in [1.165, 1.54) is 6.07 Å². The third-order valence-electron chi connectivity index (χ3n) is 3.05. The highest BCUT2D eigenvalue weighted by Crippen LogP contribution is 2.26. The van der Waals surface area contributed by atoms with Gasteiger partial charge in [-0.05, 0) is 37.0 Å². The molecule has 0 saturated heterocycles. The lowest BCUT2D eigenvalue weighted by Crippen LogP contribution is -2.32. The van der Waals surface area contributed by atoms with E-state index in [0.29, 0.717) is 12.5 Å². The zero-order chi connectivity index (χ0) is 12.5. The van der Waals surface area contributed by atoms with Gasteiger partial charge in [0.2, 0.25) is 10.0 Å². The Bertz CT molecular complexity index is 512. The molecule has 1 fully saturated rings. The van der Waals surface area contributed by atoms with Gasteiger partial charge in [0.05, 0.1) is 5.69 Å². The predicted octanol–water partition coefficient (Wildman–Crippen LogP) is 1.49. The molecule has 3 N–H and O–H groups in total. The third-order valence-corrected chi connectivity index (χ3v) is 4.53. The number of rotatable bonds is 4. The van der Waals surface area contributed by atoms with Crippen LogP contribution >= 0.6 is 0 Å². The molecule has 1 aromatic rings. The maximum atomic E-state index is 13.0. The molecular weight excluding hydrogens is 243 g/mol. The summed E-state index contributed by atoms with van der Waals surface area (Å²) >= 11 is 0. The standard InChI is InChI=1S/C11H15FN2O2S/c12-9-4-5-10(13)11(6-9)17(15,16)14-7-8-2-1-3-8/h4-6,8,14H,1-3,7,13H2. The van der Waals surface area contributed by atoms with E-state index < -0.39 is 15.8 Å². The van der Waals surface area contributed by atoms with Gasteiger partial charge < -0.3 is 5.73 Å². The number of nitrogens with one attached hydrogen (secondary N) is 1. The van der Waals surface area contributed by atoms with Crippen LogP contribution in [0.2, 0.25) is 0 Å². The Morgan fingerprint density at radius 2 is 2.12 bits per heavy atom. The number of nitrogens with two attached hydrogens (primary N) is 1. The van der Waals surface area contributed by atoms with E-state index >= 15 is 0 Å². The van der Waals surface area contributed by atoms with Crippen molar-refractivity contribution in [3.05, 3.63) is 24.0 Å². The van der Waals surface area contributed by atoms with Gasteiger partial charge in [-0.3, -0.25) is 0 Å². The second-order valence-corrected chi connectivity index (χ2v) is 6.07. The summed E-state index contributed by atoms with van der Waals surface area (Å²) < 4.78 is 39.3. The summed E-state index contributed by atoms with van der Waals surface area (Å²) in [4.78, 5) is -0.183. The van der Waals surface area contributed by atoms with Gasteiger partial charge >= 0.3 is 0 Å². The second kappa shape index (κ2) is 4.62. The predicted molar refractivity (Wildman–Crippen MR) is 63.3 cm³/mol. The van der Waals surface area contributed by atoms with E-state index in [4.69, 9.17) is 5.73 Å². The molecule has 1 aliphatic rings. The number of halogens is 1. The van der Waals surface area contributed by atoms with Crippen LogP contribution in [0.5, 0.6) is 0 Å². The summed E-state index contributed by atoms with van der Waals surface area (Å²) in [5.74, 6) is -0.206. The quantitative estimate of drug-likeness (QED) is 0.804. The van der Waals surface area contributed by atoms with Crippen molar-refractivity contribution in [2.75, 3.05) is 12.3 Å². The molecule has 17 heavy (non-hydrogen) atoms. The normalized spacial score (nSPS) is 16.8. The largest absolute Gasteiger partial charge is 0.398 e. The van der Waals surface area contributed by atoms with Crippen molar-refractivity contribution in [3.8, 4) is 0 Å². The van der Waals surface area contributed by atoms with Crippen molar-refractivity contribution in [1.29, 1.82) is 0 Å². The maximum Gasteiger partial charge on any atom is 0.242 e. The maximum absolute atomic E-state index is 13.0. The van der Waals surface area contributed by atoms with E-state index in [1.807, 2.05) is 0 Å². The fraction of sp³-hybridized carbons (Fsp3) is 0.455. The van der Waals surface area contributed by atoms with Crippen LogP contribution in [0.1, 0.15) is 19.3 Å². The van der Waals surface area contributed by atoms with Gasteiger partial charge in [0.15, 0.2) is 0 Å². The molecule has 1 aliphatic carbocycles. The highest BCUT2D eigenvalue weighted by molar-refractivity contribution is 7.89. The molecule has 0 unspecified atom stereocenters. The van der Waals surface area contributed by atoms with Crippen molar-refractivity contribution >= 4 is 15.7 Å². The number of anilines is 1. The van der Waals surface area contributed by atoms with Crippen molar-refractivity contribution < 1.29 is 12.8 Å². The van der Waals surface area contributed by atoms with E-state index in [0.717, 1.165) is 31.4 Å². The lowest BCUT2D eigenvalue weighted by atomic mass is 9.86. The summed E-state index contributed by atoms with van der Waals surface area (Å²) in [5, 5.41) is 0. The molecule has 1 saturated carbocycles. The first kappa shape index (κ1) is 12.3. The smallest absolute Gasteiger partial charge is 0.242 e. The molecule has 0 aliphatic heterocycles. The fourth-order valence-electron chi connectivity index (χ4n) is 1.74. The molecule has 0 atom stereocenters. The molecule has 4 nitrogen and oxygen atoms in total. The summed E-state index contributed by atoms with van der Waals surface area (Å²) in [6.45, 7) is 0.401. The fourth-order valence-corrected chi connectivity index (χ4v) is 3.00. The zero-order valence-corrected chi connectivity index (χ0v) is 10.1. The van der Waals surface area contributed by atoms with Gasteiger partial charge in [0.25, 0.3) is 0 Å². The van der Waals surface area contributed by atoms with E-state index in [1.54, 1.807) is 0 Å².